The Morgan fingerprint density at radius 3 is 2.80 bits per heavy atom. The topological polar surface area (TPSA) is 125 Å². The number of aliphatic imine (C=N–C) groups is 1. The fourth-order valence-corrected chi connectivity index (χ4v) is 5.20. The summed E-state index contributed by atoms with van der Waals surface area (Å²) in [5.41, 5.74) is 0.0255. The molecule has 0 aliphatic carbocycles. The number of carbonyl (C=O) groups is 2. The Labute approximate surface area is 218 Å². The van der Waals surface area contributed by atoms with Crippen molar-refractivity contribution in [3.8, 4) is 11.3 Å². The Bertz CT molecular complexity index is 1180. The minimum atomic E-state index is -1.28. The number of ether oxygens (including phenoxy) is 3. The van der Waals surface area contributed by atoms with Gasteiger partial charge >= 0.3 is 6.09 Å². The minimum absolute atomic E-state index is 0.0140. The molecule has 2 amide bonds. The number of thiophene rings is 1. The van der Waals surface area contributed by atoms with Crippen molar-refractivity contribution in [3.05, 3.63) is 39.1 Å². The fourth-order valence-electron chi connectivity index (χ4n) is 3.74. The molecule has 1 aromatic carbocycles. The van der Waals surface area contributed by atoms with Gasteiger partial charge in [-0.1, -0.05) is 22.9 Å². The maximum atomic E-state index is 13.2. The number of nitriles is 1. The molecular weight excluding hydrogens is 562 g/mol. The Morgan fingerprint density at radius 1 is 1.26 bits per heavy atom. The lowest BCUT2D eigenvalue weighted by Crippen LogP contribution is -2.58. The number of benzene rings is 1. The number of hydrogen-bond acceptors (Lipinski definition) is 8. The largest absolute Gasteiger partial charge is 0.414 e. The zero-order chi connectivity index (χ0) is 24.8. The second-order valence-corrected chi connectivity index (χ2v) is 10.3. The van der Waals surface area contributed by atoms with E-state index in [1.165, 1.54) is 0 Å². The van der Waals surface area contributed by atoms with E-state index < -0.39 is 17.5 Å². The Balaban J connectivity index is 1.48. The van der Waals surface area contributed by atoms with Gasteiger partial charge in [-0.25, -0.2) is 4.79 Å². The van der Waals surface area contributed by atoms with Crippen molar-refractivity contribution in [2.75, 3.05) is 43.2 Å². The third-order valence-electron chi connectivity index (χ3n) is 5.46. The van der Waals surface area contributed by atoms with E-state index in [-0.39, 0.29) is 6.61 Å². The van der Waals surface area contributed by atoms with E-state index in [1.54, 1.807) is 24.3 Å². The second-order valence-electron chi connectivity index (χ2n) is 7.72. The highest BCUT2D eigenvalue weighted by atomic mass is 79.9. The van der Waals surface area contributed by atoms with Gasteiger partial charge in [0.1, 0.15) is 11.4 Å². The van der Waals surface area contributed by atoms with Crippen LogP contribution < -0.4 is 20.3 Å². The average Bonchev–Trinajstić information content (AvgIpc) is 3.39. The molecule has 2 aromatic rings. The van der Waals surface area contributed by atoms with Crippen molar-refractivity contribution in [2.45, 2.75) is 18.4 Å². The third kappa shape index (κ3) is 6.12. The summed E-state index contributed by atoms with van der Waals surface area (Å²) in [5, 5.41) is 14.9. The van der Waals surface area contributed by atoms with Crippen LogP contribution in [0.2, 0.25) is 4.34 Å². The number of nitrogens with one attached hydrogen (secondary N) is 2. The van der Waals surface area contributed by atoms with Crippen LogP contribution in [0.15, 0.2) is 39.8 Å². The van der Waals surface area contributed by atoms with Gasteiger partial charge in [-0.2, -0.15) is 10.3 Å². The molecule has 0 spiro atoms. The highest BCUT2D eigenvalue weighted by molar-refractivity contribution is 9.10. The van der Waals surface area contributed by atoms with Crippen molar-refractivity contribution in [1.29, 1.82) is 5.26 Å². The van der Waals surface area contributed by atoms with E-state index in [0.29, 0.717) is 64.6 Å². The van der Waals surface area contributed by atoms with Gasteiger partial charge in [-0.05, 0) is 46.3 Å². The van der Waals surface area contributed by atoms with Crippen molar-refractivity contribution in [3.63, 3.8) is 0 Å². The van der Waals surface area contributed by atoms with Gasteiger partial charge in [-0.15, -0.1) is 0 Å². The van der Waals surface area contributed by atoms with Crippen LogP contribution >= 0.6 is 38.9 Å². The van der Waals surface area contributed by atoms with E-state index in [4.69, 9.17) is 31.1 Å². The molecule has 0 bridgehead atoms. The molecule has 3 heterocycles. The first-order valence-corrected chi connectivity index (χ1v) is 12.6. The van der Waals surface area contributed by atoms with Gasteiger partial charge in [0, 0.05) is 36.2 Å². The molecule has 35 heavy (non-hydrogen) atoms. The number of nitrogens with zero attached hydrogens (tertiary/aromatic N) is 3. The molecule has 0 radical (unpaired) electrons. The minimum Gasteiger partial charge on any atom is -0.399 e. The first-order valence-electron chi connectivity index (χ1n) is 10.7. The van der Waals surface area contributed by atoms with E-state index >= 15 is 0 Å². The second kappa shape index (κ2) is 11.4. The molecule has 1 unspecified atom stereocenters. The fraction of sp³-hybridized carbons (Fsp3) is 0.364. The molecule has 2 aliphatic heterocycles. The third-order valence-corrected chi connectivity index (χ3v) is 7.20. The van der Waals surface area contributed by atoms with Crippen LogP contribution in [0.4, 0.5) is 16.2 Å². The predicted octanol–water partition coefficient (Wildman–Crippen LogP) is 4.16. The maximum Gasteiger partial charge on any atom is 0.414 e. The van der Waals surface area contributed by atoms with Crippen LogP contribution in [-0.2, 0) is 14.3 Å². The van der Waals surface area contributed by atoms with Crippen molar-refractivity contribution < 1.29 is 23.8 Å². The van der Waals surface area contributed by atoms with Gasteiger partial charge in [0.05, 0.1) is 29.8 Å². The van der Waals surface area contributed by atoms with E-state index in [2.05, 4.69) is 31.6 Å². The van der Waals surface area contributed by atoms with E-state index in [0.717, 1.165) is 17.0 Å². The smallest absolute Gasteiger partial charge is 0.399 e. The van der Waals surface area contributed by atoms with Gasteiger partial charge in [-0.3, -0.25) is 4.79 Å². The summed E-state index contributed by atoms with van der Waals surface area (Å²) < 4.78 is 17.4. The molecule has 1 aromatic heterocycles. The SMILES string of the molecule is N#CN=C1CCOCCN1c1ccc(NC(=O)C2(NC(=O)Oc3ccc(Cl)s3)CCOC2)cc1Br. The number of hydrogen-bond donors (Lipinski definition) is 2. The normalized spacial score (nSPS) is 21.3. The molecule has 13 heteroatoms. The van der Waals surface area contributed by atoms with Crippen LogP contribution in [0, 0.1) is 11.5 Å². The van der Waals surface area contributed by atoms with Crippen molar-refractivity contribution in [2.24, 2.45) is 4.99 Å². The molecule has 184 valence electrons. The molecule has 10 nitrogen and oxygen atoms in total. The zero-order valence-electron chi connectivity index (χ0n) is 18.4. The molecule has 2 fully saturated rings. The maximum absolute atomic E-state index is 13.2. The predicted molar refractivity (Wildman–Crippen MR) is 135 cm³/mol. The lowest BCUT2D eigenvalue weighted by molar-refractivity contribution is -0.122. The summed E-state index contributed by atoms with van der Waals surface area (Å²) in [7, 11) is 0. The Kier molecular flexibility index (Phi) is 8.25. The number of carbonyl (C=O) groups excluding carboxylic acids is 2. The number of rotatable bonds is 5. The number of halogens is 2. The highest BCUT2D eigenvalue weighted by Gasteiger charge is 2.44. The summed E-state index contributed by atoms with van der Waals surface area (Å²) in [6.07, 6.45) is 1.88. The van der Waals surface area contributed by atoms with Crippen LogP contribution in [0.25, 0.3) is 0 Å². The lowest BCUT2D eigenvalue weighted by Gasteiger charge is -2.27. The quantitative estimate of drug-likeness (QED) is 0.507. The van der Waals surface area contributed by atoms with Crippen LogP contribution in [0.3, 0.4) is 0 Å². The molecule has 4 rings (SSSR count). The molecule has 2 N–H and O–H groups in total. The summed E-state index contributed by atoms with van der Waals surface area (Å²) in [6, 6.07) is 8.50. The van der Waals surface area contributed by atoms with Gasteiger partial charge in [0.15, 0.2) is 5.06 Å². The summed E-state index contributed by atoms with van der Waals surface area (Å²) in [6.45, 7) is 1.85. The first-order chi connectivity index (χ1) is 16.9. The number of amidine groups is 1. The lowest BCUT2D eigenvalue weighted by atomic mass is 9.97. The zero-order valence-corrected chi connectivity index (χ0v) is 21.5. The standard InChI is InChI=1S/C22H21BrClN5O5S/c23-15-11-14(1-2-16(15)29-7-10-32-8-5-18(29)26-13-25)27-20(30)22(6-9-33-12-22)28-21(31)34-19-4-3-17(24)35-19/h1-4,11H,5-10,12H2,(H,27,30)(H,28,31). The van der Waals surface area contributed by atoms with Crippen LogP contribution in [0.1, 0.15) is 12.8 Å². The van der Waals surface area contributed by atoms with Gasteiger partial charge in [0.25, 0.3) is 5.91 Å². The molecule has 2 saturated heterocycles. The van der Waals surface area contributed by atoms with Crippen LogP contribution in [-0.4, -0.2) is 56.3 Å². The van der Waals surface area contributed by atoms with Crippen molar-refractivity contribution >= 4 is 68.1 Å². The molecular formula is C22H21BrClN5O5S. The molecule has 1 atom stereocenters. The van der Waals surface area contributed by atoms with E-state index in [9.17, 15) is 9.59 Å². The Morgan fingerprint density at radius 2 is 2.11 bits per heavy atom. The van der Waals surface area contributed by atoms with Crippen molar-refractivity contribution in [1.82, 2.24) is 5.32 Å². The summed E-state index contributed by atoms with van der Waals surface area (Å²) in [5.74, 6) is 0.185. The highest BCUT2D eigenvalue weighted by Crippen LogP contribution is 2.32. The molecule has 2 aliphatic rings. The molecule has 0 saturated carbocycles. The van der Waals surface area contributed by atoms with Gasteiger partial charge < -0.3 is 29.7 Å². The monoisotopic (exact) mass is 581 g/mol. The summed E-state index contributed by atoms with van der Waals surface area (Å²) in [4.78, 5) is 31.5. The number of amides is 2. The van der Waals surface area contributed by atoms with Gasteiger partial charge in [0.2, 0.25) is 6.19 Å². The first kappa shape index (κ1) is 25.4. The van der Waals surface area contributed by atoms with Crippen LogP contribution in [0.5, 0.6) is 5.06 Å². The van der Waals surface area contributed by atoms with E-state index in [1.807, 2.05) is 17.2 Å². The Hall–Kier alpha value is -2.69. The average molecular weight is 583 g/mol. The number of anilines is 2. The summed E-state index contributed by atoms with van der Waals surface area (Å²) >= 11 is 10.5.